The van der Waals surface area contributed by atoms with E-state index < -0.39 is 4.87 Å². The van der Waals surface area contributed by atoms with Gasteiger partial charge in [0.1, 0.15) is 4.87 Å². The van der Waals surface area contributed by atoms with Crippen molar-refractivity contribution in [2.24, 2.45) is 0 Å². The molecule has 3 rings (SSSR count). The van der Waals surface area contributed by atoms with E-state index in [1.165, 1.54) is 0 Å². The average Bonchev–Trinajstić information content (AvgIpc) is 3.14. The summed E-state index contributed by atoms with van der Waals surface area (Å²) in [6.45, 7) is 0. The van der Waals surface area contributed by atoms with E-state index in [2.05, 4.69) is 0 Å². The third-order valence-corrected chi connectivity index (χ3v) is 4.10. The fourth-order valence-electron chi connectivity index (χ4n) is 2.39. The summed E-state index contributed by atoms with van der Waals surface area (Å²) in [4.78, 5) is 11.6. The Labute approximate surface area is 111 Å². The molecule has 2 atom stereocenters. The Hall–Kier alpha value is -1.60. The van der Waals surface area contributed by atoms with Crippen LogP contribution in [0.3, 0.4) is 0 Å². The molecular formula is C16H13ClO. The van der Waals surface area contributed by atoms with E-state index in [1.807, 2.05) is 60.7 Å². The normalized spacial score (nSPS) is 25.7. The maximum Gasteiger partial charge on any atom is 0.184 e. The molecule has 2 heteroatoms. The Morgan fingerprint density at radius 1 is 1.00 bits per heavy atom. The summed E-state index contributed by atoms with van der Waals surface area (Å²) in [5, 5.41) is 0. The summed E-state index contributed by atoms with van der Waals surface area (Å²) in [6, 6.07) is 19.3. The van der Waals surface area contributed by atoms with Gasteiger partial charge in [-0.15, -0.1) is 11.6 Å². The van der Waals surface area contributed by atoms with Gasteiger partial charge in [-0.3, -0.25) is 4.79 Å². The molecule has 1 fully saturated rings. The van der Waals surface area contributed by atoms with E-state index in [9.17, 15) is 4.79 Å². The lowest BCUT2D eigenvalue weighted by Gasteiger charge is -2.08. The summed E-state index contributed by atoms with van der Waals surface area (Å²) in [5.41, 5.74) is 1.85. The van der Waals surface area contributed by atoms with E-state index in [-0.39, 0.29) is 11.7 Å². The van der Waals surface area contributed by atoms with Gasteiger partial charge in [-0.2, -0.15) is 0 Å². The first-order chi connectivity index (χ1) is 8.72. The summed E-state index contributed by atoms with van der Waals surface area (Å²) < 4.78 is 0. The van der Waals surface area contributed by atoms with E-state index in [0.29, 0.717) is 5.56 Å². The third-order valence-electron chi connectivity index (χ3n) is 3.51. The van der Waals surface area contributed by atoms with Crippen LogP contribution in [0, 0.1) is 0 Å². The quantitative estimate of drug-likeness (QED) is 0.598. The Balaban J connectivity index is 1.85. The van der Waals surface area contributed by atoms with Crippen molar-refractivity contribution in [1.29, 1.82) is 0 Å². The minimum atomic E-state index is -0.733. The molecule has 0 amide bonds. The van der Waals surface area contributed by atoms with Crippen molar-refractivity contribution in [1.82, 2.24) is 0 Å². The molecule has 1 saturated carbocycles. The molecule has 1 aliphatic carbocycles. The smallest absolute Gasteiger partial charge is 0.184 e. The van der Waals surface area contributed by atoms with Crippen molar-refractivity contribution in [2.45, 2.75) is 17.2 Å². The van der Waals surface area contributed by atoms with Gasteiger partial charge in [-0.05, 0) is 12.0 Å². The van der Waals surface area contributed by atoms with E-state index in [0.717, 1.165) is 12.0 Å². The van der Waals surface area contributed by atoms with Gasteiger partial charge in [0.15, 0.2) is 5.78 Å². The fourth-order valence-corrected chi connectivity index (χ4v) is 2.78. The Morgan fingerprint density at radius 2 is 1.56 bits per heavy atom. The number of hydrogen-bond donors (Lipinski definition) is 0. The summed E-state index contributed by atoms with van der Waals surface area (Å²) >= 11 is 6.48. The highest BCUT2D eigenvalue weighted by molar-refractivity contribution is 6.41. The monoisotopic (exact) mass is 256 g/mol. The number of benzene rings is 2. The minimum Gasteiger partial charge on any atom is -0.292 e. The zero-order valence-corrected chi connectivity index (χ0v) is 10.6. The third kappa shape index (κ3) is 1.85. The van der Waals surface area contributed by atoms with Gasteiger partial charge in [0.25, 0.3) is 0 Å². The number of hydrogen-bond acceptors (Lipinski definition) is 1. The lowest BCUT2D eigenvalue weighted by Crippen LogP contribution is -2.18. The molecule has 0 N–H and O–H groups in total. The van der Waals surface area contributed by atoms with Crippen molar-refractivity contribution in [2.75, 3.05) is 0 Å². The van der Waals surface area contributed by atoms with E-state index in [1.54, 1.807) is 0 Å². The Morgan fingerprint density at radius 3 is 2.17 bits per heavy atom. The van der Waals surface area contributed by atoms with Gasteiger partial charge in [0, 0.05) is 11.5 Å². The van der Waals surface area contributed by atoms with Crippen molar-refractivity contribution in [3.63, 3.8) is 0 Å². The molecule has 0 spiro atoms. The second kappa shape index (κ2) is 4.25. The standard InChI is InChI=1S/C16H13ClO/c17-16(15(18)13-9-5-2-6-10-13)11-14(16)12-7-3-1-4-8-12/h1-10,14H,11H2/t14-,16-/m0/s1. The highest BCUT2D eigenvalue weighted by Gasteiger charge is 2.59. The van der Waals surface area contributed by atoms with Crippen molar-refractivity contribution < 1.29 is 4.79 Å². The molecule has 0 aromatic heterocycles. The predicted molar refractivity (Wildman–Crippen MR) is 73.2 cm³/mol. The molecule has 0 heterocycles. The van der Waals surface area contributed by atoms with Crippen LogP contribution in [0.15, 0.2) is 60.7 Å². The molecule has 1 aliphatic rings. The lowest BCUT2D eigenvalue weighted by molar-refractivity contribution is 0.0976. The number of ketones is 1. The van der Waals surface area contributed by atoms with Crippen LogP contribution in [0.1, 0.15) is 28.3 Å². The summed E-state index contributed by atoms with van der Waals surface area (Å²) in [6.07, 6.45) is 0.728. The number of halogens is 1. The molecular weight excluding hydrogens is 244 g/mol. The van der Waals surface area contributed by atoms with Crippen molar-refractivity contribution in [3.8, 4) is 0 Å². The van der Waals surface area contributed by atoms with Crippen LogP contribution in [0.4, 0.5) is 0 Å². The molecule has 90 valence electrons. The van der Waals surface area contributed by atoms with Gasteiger partial charge < -0.3 is 0 Å². The van der Waals surface area contributed by atoms with Crippen molar-refractivity contribution in [3.05, 3.63) is 71.8 Å². The predicted octanol–water partition coefficient (Wildman–Crippen LogP) is 4.03. The maximum atomic E-state index is 12.4. The zero-order chi connectivity index (χ0) is 12.6. The number of rotatable bonds is 3. The molecule has 0 unspecified atom stereocenters. The first-order valence-corrected chi connectivity index (χ1v) is 6.43. The highest BCUT2D eigenvalue weighted by atomic mass is 35.5. The molecule has 1 nitrogen and oxygen atoms in total. The van der Waals surface area contributed by atoms with Crippen LogP contribution in [-0.4, -0.2) is 10.7 Å². The SMILES string of the molecule is O=C(c1ccccc1)[C@]1(Cl)C[C@H]1c1ccccc1. The second-order valence-corrected chi connectivity index (χ2v) is 5.40. The lowest BCUT2D eigenvalue weighted by atomic mass is 10.0. The molecule has 0 radical (unpaired) electrons. The first-order valence-electron chi connectivity index (χ1n) is 6.05. The molecule has 2 aromatic carbocycles. The average molecular weight is 257 g/mol. The van der Waals surface area contributed by atoms with Crippen LogP contribution < -0.4 is 0 Å². The Kier molecular flexibility index (Phi) is 2.71. The van der Waals surface area contributed by atoms with Gasteiger partial charge in [0.05, 0.1) is 0 Å². The van der Waals surface area contributed by atoms with Gasteiger partial charge in [-0.1, -0.05) is 60.7 Å². The number of Topliss-reactive ketones (excluding diaryl/α,β-unsaturated/α-hetero) is 1. The van der Waals surface area contributed by atoms with Gasteiger partial charge in [-0.25, -0.2) is 0 Å². The molecule has 2 aromatic rings. The van der Waals surface area contributed by atoms with Gasteiger partial charge >= 0.3 is 0 Å². The van der Waals surface area contributed by atoms with E-state index in [4.69, 9.17) is 11.6 Å². The van der Waals surface area contributed by atoms with E-state index >= 15 is 0 Å². The van der Waals surface area contributed by atoms with Crippen LogP contribution in [-0.2, 0) is 0 Å². The number of carbonyl (C=O) groups excluding carboxylic acids is 1. The summed E-state index contributed by atoms with van der Waals surface area (Å²) in [7, 11) is 0. The number of alkyl halides is 1. The van der Waals surface area contributed by atoms with Crippen LogP contribution in [0.25, 0.3) is 0 Å². The molecule has 18 heavy (non-hydrogen) atoms. The van der Waals surface area contributed by atoms with Crippen LogP contribution in [0.5, 0.6) is 0 Å². The number of carbonyl (C=O) groups is 1. The van der Waals surface area contributed by atoms with Crippen molar-refractivity contribution >= 4 is 17.4 Å². The zero-order valence-electron chi connectivity index (χ0n) is 9.84. The fraction of sp³-hybridized carbons (Fsp3) is 0.188. The highest BCUT2D eigenvalue weighted by Crippen LogP contribution is 2.58. The topological polar surface area (TPSA) is 17.1 Å². The van der Waals surface area contributed by atoms with Crippen LogP contribution in [0.2, 0.25) is 0 Å². The van der Waals surface area contributed by atoms with Crippen LogP contribution >= 0.6 is 11.6 Å². The second-order valence-electron chi connectivity index (χ2n) is 4.73. The largest absolute Gasteiger partial charge is 0.292 e. The first kappa shape index (κ1) is 11.5. The molecule has 0 saturated heterocycles. The molecule has 0 bridgehead atoms. The molecule has 0 aliphatic heterocycles. The summed E-state index contributed by atoms with van der Waals surface area (Å²) in [5.74, 6) is 0.187. The van der Waals surface area contributed by atoms with Gasteiger partial charge in [0.2, 0.25) is 0 Å². The minimum absolute atomic E-state index is 0.0404. The maximum absolute atomic E-state index is 12.4. The Bertz CT molecular complexity index is 564.